The average Bonchev–Trinajstić information content (AvgIpc) is 3.36. The van der Waals surface area contributed by atoms with Gasteiger partial charge in [-0.15, -0.1) is 4.80 Å². The Bertz CT molecular complexity index is 1190. The number of amides is 2. The van der Waals surface area contributed by atoms with Crippen LogP contribution in [0, 0.1) is 0 Å². The fourth-order valence-corrected chi connectivity index (χ4v) is 3.17. The number of rotatable bonds is 6. The molecule has 2 N–H and O–H groups in total. The number of hydrogen-bond donors (Lipinski definition) is 2. The fourth-order valence-electron chi connectivity index (χ4n) is 2.75. The third-order valence-corrected chi connectivity index (χ3v) is 4.50. The molecule has 0 saturated carbocycles. The minimum Gasteiger partial charge on any atom is -0.384 e. The quantitative estimate of drug-likeness (QED) is 0.465. The summed E-state index contributed by atoms with van der Waals surface area (Å²) in [6, 6.07) is 2.68. The van der Waals surface area contributed by atoms with Crippen LogP contribution >= 0.6 is 23.2 Å². The Balaban J connectivity index is 1.54. The summed E-state index contributed by atoms with van der Waals surface area (Å²) in [5.41, 5.74) is 2.12. The number of aromatic nitrogens is 7. The van der Waals surface area contributed by atoms with Gasteiger partial charge in [0.25, 0.3) is 0 Å². The van der Waals surface area contributed by atoms with Crippen molar-refractivity contribution in [3.8, 4) is 5.82 Å². The molecule has 13 heteroatoms. The first-order chi connectivity index (χ1) is 14.5. The molecule has 0 atom stereocenters. The van der Waals surface area contributed by atoms with Crippen LogP contribution in [0.4, 0.5) is 16.2 Å². The van der Waals surface area contributed by atoms with E-state index in [1.54, 1.807) is 23.8 Å². The highest BCUT2D eigenvalue weighted by Crippen LogP contribution is 2.22. The summed E-state index contributed by atoms with van der Waals surface area (Å²) < 4.78 is 6.72. The van der Waals surface area contributed by atoms with E-state index < -0.39 is 6.03 Å². The molecule has 0 fully saturated rings. The third kappa shape index (κ3) is 4.17. The Kier molecular flexibility index (Phi) is 5.74. The molecule has 4 aromatic rings. The molecule has 0 spiro atoms. The highest BCUT2D eigenvalue weighted by atomic mass is 35.5. The molecule has 0 unspecified atom stereocenters. The monoisotopic (exact) mass is 447 g/mol. The smallest absolute Gasteiger partial charge is 0.323 e. The molecule has 0 radical (unpaired) electrons. The zero-order chi connectivity index (χ0) is 21.1. The molecular weight excluding hydrogens is 433 g/mol. The molecule has 4 rings (SSSR count). The van der Waals surface area contributed by atoms with Gasteiger partial charge in [-0.1, -0.05) is 23.2 Å². The topological polar surface area (TPSA) is 124 Å². The summed E-state index contributed by atoms with van der Waals surface area (Å²) in [5, 5.41) is 18.2. The van der Waals surface area contributed by atoms with Crippen molar-refractivity contribution in [1.29, 1.82) is 0 Å². The van der Waals surface area contributed by atoms with Gasteiger partial charge >= 0.3 is 6.03 Å². The first-order valence-corrected chi connectivity index (χ1v) is 9.43. The number of urea groups is 1. The number of carbonyl (C=O) groups is 1. The maximum absolute atomic E-state index is 12.5. The number of pyridine rings is 1. The highest BCUT2D eigenvalue weighted by Gasteiger charge is 2.15. The van der Waals surface area contributed by atoms with Crippen LogP contribution in [0.2, 0.25) is 10.2 Å². The van der Waals surface area contributed by atoms with E-state index in [9.17, 15) is 4.79 Å². The van der Waals surface area contributed by atoms with Crippen molar-refractivity contribution < 1.29 is 9.53 Å². The summed E-state index contributed by atoms with van der Waals surface area (Å²) in [7, 11) is 1.59. The van der Waals surface area contributed by atoms with E-state index in [1.807, 2.05) is 0 Å². The molecule has 0 aliphatic rings. The van der Waals surface area contributed by atoms with Crippen molar-refractivity contribution in [2.75, 3.05) is 24.4 Å². The summed E-state index contributed by atoms with van der Waals surface area (Å²) in [5.74, 6) is 0.347. The van der Waals surface area contributed by atoms with Crippen LogP contribution in [0.25, 0.3) is 11.5 Å². The first kappa shape index (κ1) is 20.0. The Morgan fingerprint density at radius 1 is 1.13 bits per heavy atom. The van der Waals surface area contributed by atoms with Gasteiger partial charge in [-0.05, 0) is 6.07 Å². The maximum Gasteiger partial charge on any atom is 0.323 e. The van der Waals surface area contributed by atoms with Crippen LogP contribution in [-0.4, -0.2) is 54.3 Å². The number of nitrogens with zero attached hydrogens (tertiary/aromatic N) is 7. The number of nitrogens with one attached hydrogen (secondary N) is 2. The zero-order valence-electron chi connectivity index (χ0n) is 15.6. The zero-order valence-corrected chi connectivity index (χ0v) is 17.1. The molecule has 4 heterocycles. The number of methoxy groups -OCH3 is 1. The van der Waals surface area contributed by atoms with Gasteiger partial charge in [0, 0.05) is 19.6 Å². The summed E-state index contributed by atoms with van der Waals surface area (Å²) in [6.45, 7) is 0.426. The lowest BCUT2D eigenvalue weighted by Gasteiger charge is -2.13. The van der Waals surface area contributed by atoms with E-state index in [0.717, 1.165) is 0 Å². The van der Waals surface area contributed by atoms with E-state index in [4.69, 9.17) is 27.9 Å². The fraction of sp³-hybridized carbons (Fsp3) is 0.176. The van der Waals surface area contributed by atoms with Crippen LogP contribution < -0.4 is 10.6 Å². The molecule has 0 aliphatic carbocycles. The second-order valence-electron chi connectivity index (χ2n) is 6.03. The average molecular weight is 448 g/mol. The summed E-state index contributed by atoms with van der Waals surface area (Å²) in [4.78, 5) is 22.3. The van der Waals surface area contributed by atoms with Crippen LogP contribution in [0.3, 0.4) is 0 Å². The van der Waals surface area contributed by atoms with Crippen LogP contribution in [0.1, 0.15) is 5.69 Å². The Labute approximate surface area is 180 Å². The number of ether oxygens (including phenoxy) is 1. The lowest BCUT2D eigenvalue weighted by atomic mass is 10.2. The van der Waals surface area contributed by atoms with E-state index in [0.29, 0.717) is 46.7 Å². The van der Waals surface area contributed by atoms with E-state index in [2.05, 4.69) is 35.9 Å². The normalized spacial score (nSPS) is 11.0. The molecular formula is C17H15Cl2N9O2. The van der Waals surface area contributed by atoms with Gasteiger partial charge in [0.05, 0.1) is 53.5 Å². The number of hydrogen-bond acceptors (Lipinski definition) is 7. The van der Waals surface area contributed by atoms with Crippen molar-refractivity contribution in [2.45, 2.75) is 6.42 Å². The van der Waals surface area contributed by atoms with E-state index in [-0.39, 0.29) is 5.02 Å². The van der Waals surface area contributed by atoms with Gasteiger partial charge in [-0.3, -0.25) is 0 Å². The van der Waals surface area contributed by atoms with Crippen molar-refractivity contribution in [1.82, 2.24) is 34.6 Å². The first-order valence-electron chi connectivity index (χ1n) is 8.67. The van der Waals surface area contributed by atoms with E-state index >= 15 is 0 Å². The van der Waals surface area contributed by atoms with Crippen LogP contribution in [0.5, 0.6) is 0 Å². The molecule has 154 valence electrons. The molecule has 0 aliphatic heterocycles. The van der Waals surface area contributed by atoms with Gasteiger partial charge < -0.3 is 15.4 Å². The minimum atomic E-state index is -0.504. The standard InChI is InChI=1S/C17H15Cl2N9O2/c1-30-5-2-13-12(9-20-15-7-14(19)26-27(13)15)25-17(29)24-10-6-11(18)16(21-8-10)28-22-3-4-23-28/h3-4,6-9H,2,5H2,1H3,(H2,24,25,29). The number of anilines is 2. The van der Waals surface area contributed by atoms with Crippen LogP contribution in [0.15, 0.2) is 36.9 Å². The summed E-state index contributed by atoms with van der Waals surface area (Å²) in [6.07, 6.45) is 6.50. The van der Waals surface area contributed by atoms with Crippen molar-refractivity contribution in [3.63, 3.8) is 0 Å². The van der Waals surface area contributed by atoms with Gasteiger partial charge in [0.2, 0.25) is 0 Å². The van der Waals surface area contributed by atoms with Gasteiger partial charge in [-0.2, -0.15) is 15.3 Å². The predicted molar refractivity (Wildman–Crippen MR) is 110 cm³/mol. The molecule has 2 amide bonds. The van der Waals surface area contributed by atoms with Crippen molar-refractivity contribution >= 4 is 46.3 Å². The Morgan fingerprint density at radius 2 is 1.93 bits per heavy atom. The number of fused-ring (bicyclic) bond motifs is 1. The number of halogens is 2. The largest absolute Gasteiger partial charge is 0.384 e. The second kappa shape index (κ2) is 8.61. The molecule has 0 bridgehead atoms. The number of carbonyl (C=O) groups excluding carboxylic acids is 1. The highest BCUT2D eigenvalue weighted by molar-refractivity contribution is 6.32. The van der Waals surface area contributed by atoms with Crippen LogP contribution in [-0.2, 0) is 11.2 Å². The predicted octanol–water partition coefficient (Wildman–Crippen LogP) is 2.84. The van der Waals surface area contributed by atoms with Crippen molar-refractivity contribution in [2.24, 2.45) is 0 Å². The van der Waals surface area contributed by atoms with Gasteiger partial charge in [0.1, 0.15) is 0 Å². The van der Waals surface area contributed by atoms with Gasteiger partial charge in [0.15, 0.2) is 16.6 Å². The van der Waals surface area contributed by atoms with E-state index in [1.165, 1.54) is 29.6 Å². The molecule has 0 aromatic carbocycles. The SMILES string of the molecule is COCCc1c(NC(=O)Nc2cnc(-n3nccn3)c(Cl)c2)cnc2cc(Cl)nn12. The molecule has 11 nitrogen and oxygen atoms in total. The second-order valence-corrected chi connectivity index (χ2v) is 6.82. The third-order valence-electron chi connectivity index (χ3n) is 4.03. The lowest BCUT2D eigenvalue weighted by Crippen LogP contribution is -2.22. The molecule has 30 heavy (non-hydrogen) atoms. The molecule has 4 aromatic heterocycles. The summed E-state index contributed by atoms with van der Waals surface area (Å²) >= 11 is 12.2. The Morgan fingerprint density at radius 3 is 2.67 bits per heavy atom. The Hall–Kier alpha value is -3.28. The van der Waals surface area contributed by atoms with Crippen molar-refractivity contribution in [3.05, 3.63) is 52.8 Å². The lowest BCUT2D eigenvalue weighted by molar-refractivity contribution is 0.201. The minimum absolute atomic E-state index is 0.277. The molecule has 0 saturated heterocycles. The van der Waals surface area contributed by atoms with Gasteiger partial charge in [-0.25, -0.2) is 19.3 Å². The maximum atomic E-state index is 12.5.